The van der Waals surface area contributed by atoms with E-state index in [-0.39, 0.29) is 58.0 Å². The Labute approximate surface area is 58.6 Å². The van der Waals surface area contributed by atoms with E-state index in [1.165, 1.54) is 0 Å². The zero-order chi connectivity index (χ0) is 0. The van der Waals surface area contributed by atoms with E-state index < -0.39 is 0 Å². The van der Waals surface area contributed by atoms with Crippen molar-refractivity contribution in [3.8, 4) is 0 Å². The van der Waals surface area contributed by atoms with E-state index in [1.807, 2.05) is 0 Å². The van der Waals surface area contributed by atoms with Crippen molar-refractivity contribution < 1.29 is 21.1 Å². The van der Waals surface area contributed by atoms with Crippen molar-refractivity contribution in [1.82, 2.24) is 36.9 Å². The van der Waals surface area contributed by atoms with Crippen LogP contribution in [0.5, 0.6) is 0 Å². The molecule has 0 aliphatic heterocycles. The third kappa shape index (κ3) is 635. The van der Waals surface area contributed by atoms with Crippen LogP contribution in [0.4, 0.5) is 0 Å². The molecule has 0 aliphatic carbocycles. The van der Waals surface area contributed by atoms with Crippen molar-refractivity contribution in [2.75, 3.05) is 0 Å². The van der Waals surface area contributed by atoms with E-state index in [0.29, 0.717) is 0 Å². The molecule has 0 amide bonds. The van der Waals surface area contributed by atoms with E-state index in [0.717, 1.165) is 0 Å². The second kappa shape index (κ2) is 952. The summed E-state index contributed by atoms with van der Waals surface area (Å²) in [5.74, 6) is 0. The average molecular weight is 180 g/mol. The molecule has 0 saturated heterocycles. The quantitative estimate of drug-likeness (QED) is 0.347. The van der Waals surface area contributed by atoms with Gasteiger partial charge in [0.25, 0.3) is 0 Å². The van der Waals surface area contributed by atoms with Crippen LogP contribution in [0, 0.1) is 0 Å². The molecule has 0 unspecified atom stereocenters. The van der Waals surface area contributed by atoms with Crippen molar-refractivity contribution in [3.05, 3.63) is 0 Å². The molecule has 0 bridgehead atoms. The molecule has 0 atom stereocenters. The molecule has 0 spiro atoms. The SMILES string of the molecule is [Mo].[N].[N].[N].[N].[N].[N]. The zero-order valence-electron chi connectivity index (χ0n) is 3.09. The van der Waals surface area contributed by atoms with Gasteiger partial charge in [-0.2, -0.15) is 0 Å². The van der Waals surface area contributed by atoms with E-state index in [2.05, 4.69) is 0 Å². The molecule has 0 rings (SSSR count). The van der Waals surface area contributed by atoms with Gasteiger partial charge in [0.1, 0.15) is 0 Å². The normalized spacial score (nSPS) is 0. The van der Waals surface area contributed by atoms with Crippen LogP contribution < -0.4 is 36.9 Å². The van der Waals surface area contributed by atoms with Gasteiger partial charge in [-0.15, -0.1) is 0 Å². The monoisotopic (exact) mass is 182 g/mol. The van der Waals surface area contributed by atoms with Gasteiger partial charge in [0.2, 0.25) is 0 Å². The van der Waals surface area contributed by atoms with Crippen molar-refractivity contribution in [2.45, 2.75) is 0 Å². The van der Waals surface area contributed by atoms with Crippen LogP contribution in [0.25, 0.3) is 0 Å². The first-order valence-electron chi connectivity index (χ1n) is 0. The summed E-state index contributed by atoms with van der Waals surface area (Å²) in [7, 11) is 0. The first kappa shape index (κ1) is 1540. The summed E-state index contributed by atoms with van der Waals surface area (Å²) >= 11 is 0. The zero-order valence-corrected chi connectivity index (χ0v) is 5.10. The molecule has 0 N–H and O–H groups in total. The Morgan fingerprint density at radius 1 is 0.286 bits per heavy atom. The summed E-state index contributed by atoms with van der Waals surface area (Å²) in [5.41, 5.74) is 0. The first-order valence-corrected chi connectivity index (χ1v) is 0. The Hall–Kier alpha value is 0.448. The summed E-state index contributed by atoms with van der Waals surface area (Å²) in [6.45, 7) is 0. The van der Waals surface area contributed by atoms with Crippen molar-refractivity contribution in [2.24, 2.45) is 0 Å². The van der Waals surface area contributed by atoms with E-state index in [9.17, 15) is 0 Å². The fraction of sp³-hybridized carbons (Fsp3) is 0. The van der Waals surface area contributed by atoms with Gasteiger partial charge >= 0.3 is 0 Å². The van der Waals surface area contributed by atoms with Crippen LogP contribution in [0.15, 0.2) is 0 Å². The Balaban J connectivity index is 0. The maximum atomic E-state index is 0. The summed E-state index contributed by atoms with van der Waals surface area (Å²) in [4.78, 5) is 0. The van der Waals surface area contributed by atoms with E-state index in [1.54, 1.807) is 0 Å². The molecule has 0 aromatic rings. The Morgan fingerprint density at radius 3 is 0.286 bits per heavy atom. The van der Waals surface area contributed by atoms with Crippen LogP contribution in [0.2, 0.25) is 0 Å². The largest absolute Gasteiger partial charge is 0 e. The van der Waals surface area contributed by atoms with Crippen LogP contribution in [0.3, 0.4) is 0 Å². The van der Waals surface area contributed by atoms with Crippen LogP contribution in [-0.2, 0) is 21.1 Å². The van der Waals surface area contributed by atoms with Crippen LogP contribution >= 0.6 is 0 Å². The summed E-state index contributed by atoms with van der Waals surface area (Å²) in [6.07, 6.45) is 0. The standard InChI is InChI=1S/Mo.6N. The molecule has 18 radical (unpaired) electrons. The molecule has 6 nitrogen and oxygen atoms in total. The Kier molecular flexibility index (Phi) is 210000. The molecule has 0 fully saturated rings. The second-order valence-corrected chi connectivity index (χ2v) is 0. The number of nitrogens with zero attached hydrogens (tertiary/aromatic N) is 6. The average Bonchev–Trinajstić information content (AvgIpc) is 0. The minimum Gasteiger partial charge on any atom is 0 e. The van der Waals surface area contributed by atoms with Gasteiger partial charge in [0, 0.05) is 58.0 Å². The maximum Gasteiger partial charge on any atom is 0 e. The minimum atomic E-state index is 0. The predicted molar refractivity (Wildman–Crippen MR) is 12.8 cm³/mol. The van der Waals surface area contributed by atoms with Gasteiger partial charge in [-0.25, -0.2) is 0 Å². The maximum absolute atomic E-state index is 0. The van der Waals surface area contributed by atoms with Gasteiger partial charge in [-0.1, -0.05) is 0 Å². The molecule has 7 heavy (non-hydrogen) atoms. The smallest absolute Gasteiger partial charge is 0 e. The predicted octanol–water partition coefficient (Wildman–Crippen LogP) is -2.89. The third-order valence-electron chi connectivity index (χ3n) is 0. The molecule has 0 saturated carbocycles. The topological polar surface area (TPSA) is 183 Å². The third-order valence-corrected chi connectivity index (χ3v) is 0. The number of hydrogen-bond acceptors (Lipinski definition) is 0. The number of rotatable bonds is 0. The second-order valence-electron chi connectivity index (χ2n) is 0. The molecular weight excluding hydrogens is 180 g/mol. The molecule has 0 aliphatic rings. The van der Waals surface area contributed by atoms with E-state index >= 15 is 0 Å². The fourth-order valence-corrected chi connectivity index (χ4v) is 0. The Morgan fingerprint density at radius 2 is 0.286 bits per heavy atom. The minimum absolute atomic E-state index is 0. The van der Waals surface area contributed by atoms with Gasteiger partial charge in [-0.05, 0) is 0 Å². The first-order chi connectivity index (χ1) is 0. The summed E-state index contributed by atoms with van der Waals surface area (Å²) in [5, 5.41) is 0. The molecular formula is MoN6. The Bertz CT molecular complexity index is 4.14. The molecule has 0 aromatic carbocycles. The van der Waals surface area contributed by atoms with Gasteiger partial charge in [-0.3, -0.25) is 0 Å². The van der Waals surface area contributed by atoms with Gasteiger partial charge in [0.05, 0.1) is 0 Å². The van der Waals surface area contributed by atoms with Crippen LogP contribution in [0.1, 0.15) is 0 Å². The van der Waals surface area contributed by atoms with Crippen molar-refractivity contribution >= 4 is 0 Å². The fourth-order valence-electron chi connectivity index (χ4n) is 0. The van der Waals surface area contributed by atoms with Crippen LogP contribution in [-0.4, -0.2) is 0 Å². The van der Waals surface area contributed by atoms with Crippen molar-refractivity contribution in [1.29, 1.82) is 0 Å². The summed E-state index contributed by atoms with van der Waals surface area (Å²) < 4.78 is 0. The molecule has 7 heteroatoms. The number of hydrogen-bond donors (Lipinski definition) is 0. The molecule has 36 valence electrons. The molecule has 0 aromatic heterocycles. The van der Waals surface area contributed by atoms with E-state index in [4.69, 9.17) is 0 Å². The van der Waals surface area contributed by atoms with Gasteiger partial charge < -0.3 is 0 Å². The van der Waals surface area contributed by atoms with Gasteiger partial charge in [0.15, 0.2) is 0 Å². The molecule has 0 heterocycles. The summed E-state index contributed by atoms with van der Waals surface area (Å²) in [6, 6.07) is 0. The van der Waals surface area contributed by atoms with Crippen molar-refractivity contribution in [3.63, 3.8) is 0 Å².